The molecule has 1 aromatic heterocycles. The van der Waals surface area contributed by atoms with Crippen molar-refractivity contribution in [3.63, 3.8) is 0 Å². The van der Waals surface area contributed by atoms with E-state index in [0.29, 0.717) is 23.6 Å². The quantitative estimate of drug-likeness (QED) is 0.308. The average Bonchev–Trinajstić information content (AvgIpc) is 2.82. The molecule has 0 spiro atoms. The Morgan fingerprint density at radius 3 is 2.09 bits per heavy atom. The molecule has 32 heavy (non-hydrogen) atoms. The molecule has 3 rings (SSSR count). The molecule has 0 unspecified atom stereocenters. The van der Waals surface area contributed by atoms with Crippen molar-refractivity contribution in [3.05, 3.63) is 47.2 Å². The maximum absolute atomic E-state index is 14.8. The van der Waals surface area contributed by atoms with Crippen molar-refractivity contribution in [2.75, 3.05) is 0 Å². The first-order valence-corrected chi connectivity index (χ1v) is 12.9. The number of aromatic nitrogens is 2. The molecule has 0 atom stereocenters. The monoisotopic (exact) mass is 442 g/mol. The smallest absolute Gasteiger partial charge is 0.168 e. The lowest BCUT2D eigenvalue weighted by molar-refractivity contribution is 0.248. The third kappa shape index (κ3) is 7.08. The molecule has 0 bridgehead atoms. The molecule has 2 aromatic rings. The lowest BCUT2D eigenvalue weighted by Crippen LogP contribution is -2.15. The lowest BCUT2D eigenvalue weighted by Gasteiger charge is -2.28. The number of benzene rings is 1. The number of rotatable bonds is 12. The van der Waals surface area contributed by atoms with E-state index in [0.717, 1.165) is 30.9 Å². The Labute approximate surface area is 193 Å². The molecule has 4 heteroatoms. The highest BCUT2D eigenvalue weighted by Gasteiger charge is 2.22. The van der Waals surface area contributed by atoms with Crippen LogP contribution in [0.2, 0.25) is 0 Å². The second kappa shape index (κ2) is 13.0. The molecule has 1 fully saturated rings. The largest absolute Gasteiger partial charge is 0.203 e. The van der Waals surface area contributed by atoms with E-state index in [1.807, 2.05) is 6.07 Å². The summed E-state index contributed by atoms with van der Waals surface area (Å²) >= 11 is 0. The van der Waals surface area contributed by atoms with Crippen molar-refractivity contribution < 1.29 is 8.78 Å². The van der Waals surface area contributed by atoms with Gasteiger partial charge < -0.3 is 0 Å². The van der Waals surface area contributed by atoms with Crippen molar-refractivity contribution in [1.82, 2.24) is 10.2 Å². The van der Waals surface area contributed by atoms with Crippen LogP contribution < -0.4 is 0 Å². The van der Waals surface area contributed by atoms with Gasteiger partial charge in [0.2, 0.25) is 0 Å². The Balaban J connectivity index is 1.47. The fourth-order valence-electron chi connectivity index (χ4n) is 5.08. The summed E-state index contributed by atoms with van der Waals surface area (Å²) in [5.41, 5.74) is 1.95. The van der Waals surface area contributed by atoms with Gasteiger partial charge in [0.1, 0.15) is 0 Å². The van der Waals surface area contributed by atoms with Gasteiger partial charge in [0.15, 0.2) is 11.6 Å². The summed E-state index contributed by atoms with van der Waals surface area (Å²) in [4.78, 5) is 0. The van der Waals surface area contributed by atoms with Crippen molar-refractivity contribution in [2.45, 2.75) is 104 Å². The molecule has 176 valence electrons. The molecular formula is C28H40F2N2. The topological polar surface area (TPSA) is 25.8 Å². The zero-order chi connectivity index (χ0) is 22.8. The average molecular weight is 443 g/mol. The first-order chi connectivity index (χ1) is 15.6. The molecule has 1 aliphatic carbocycles. The number of hydrogen-bond donors (Lipinski definition) is 0. The molecule has 1 saturated carbocycles. The van der Waals surface area contributed by atoms with Gasteiger partial charge in [0.05, 0.1) is 11.4 Å². The SMILES string of the molecule is CCCCCCCC1CCC(CCc2ccc(-c3ccc(CCC)nn3)c(F)c2F)CC1. The molecule has 2 nitrogen and oxygen atoms in total. The summed E-state index contributed by atoms with van der Waals surface area (Å²) in [5, 5.41) is 8.24. The number of halogens is 2. The number of unbranched alkanes of at least 4 members (excludes halogenated alkanes) is 4. The van der Waals surface area contributed by atoms with E-state index in [1.54, 1.807) is 18.2 Å². The van der Waals surface area contributed by atoms with Gasteiger partial charge in [-0.1, -0.05) is 90.5 Å². The minimum Gasteiger partial charge on any atom is -0.203 e. The second-order valence-electron chi connectivity index (χ2n) is 9.69. The van der Waals surface area contributed by atoms with Crippen LogP contribution in [0, 0.1) is 23.5 Å². The van der Waals surface area contributed by atoms with Gasteiger partial charge in [-0.25, -0.2) is 8.78 Å². The molecule has 0 radical (unpaired) electrons. The Bertz CT molecular complexity index is 811. The van der Waals surface area contributed by atoms with E-state index in [2.05, 4.69) is 24.0 Å². The van der Waals surface area contributed by atoms with Crippen LogP contribution in [0.3, 0.4) is 0 Å². The standard InChI is InChI=1S/C28H40F2N2/c1-3-5-6-7-8-10-21-11-13-22(14-12-21)15-16-23-17-19-25(28(30)27(23)29)26-20-18-24(9-4-2)31-32-26/h17-22H,3-16H2,1-2H3. The summed E-state index contributed by atoms with van der Waals surface area (Å²) < 4.78 is 29.5. The molecule has 1 aromatic carbocycles. The zero-order valence-electron chi connectivity index (χ0n) is 20.0. The van der Waals surface area contributed by atoms with Crippen LogP contribution in [0.5, 0.6) is 0 Å². The summed E-state index contributed by atoms with van der Waals surface area (Å²) in [6.45, 7) is 4.33. The van der Waals surface area contributed by atoms with E-state index in [1.165, 1.54) is 64.2 Å². The molecule has 0 N–H and O–H groups in total. The predicted octanol–water partition coefficient (Wildman–Crippen LogP) is 8.47. The highest BCUT2D eigenvalue weighted by atomic mass is 19.2. The van der Waals surface area contributed by atoms with Crippen LogP contribution in [0.15, 0.2) is 24.3 Å². The van der Waals surface area contributed by atoms with Gasteiger partial charge in [-0.05, 0) is 54.9 Å². The first kappa shape index (κ1) is 24.8. The summed E-state index contributed by atoms with van der Waals surface area (Å²) in [6, 6.07) is 6.97. The molecular weight excluding hydrogens is 402 g/mol. The van der Waals surface area contributed by atoms with Gasteiger partial charge in [-0.3, -0.25) is 0 Å². The minimum absolute atomic E-state index is 0.196. The third-order valence-corrected chi connectivity index (χ3v) is 7.17. The fraction of sp³-hybridized carbons (Fsp3) is 0.643. The maximum atomic E-state index is 14.8. The van der Waals surface area contributed by atoms with Crippen LogP contribution in [0.4, 0.5) is 8.78 Å². The zero-order valence-corrected chi connectivity index (χ0v) is 20.0. The van der Waals surface area contributed by atoms with Crippen LogP contribution in [-0.4, -0.2) is 10.2 Å². The lowest BCUT2D eigenvalue weighted by atomic mass is 9.77. The predicted molar refractivity (Wildman–Crippen MR) is 129 cm³/mol. The number of aryl methyl sites for hydroxylation is 2. The van der Waals surface area contributed by atoms with Crippen molar-refractivity contribution in [3.8, 4) is 11.3 Å². The van der Waals surface area contributed by atoms with Crippen LogP contribution in [0.25, 0.3) is 11.3 Å². The van der Waals surface area contributed by atoms with E-state index in [4.69, 9.17) is 0 Å². The highest BCUT2D eigenvalue weighted by Crippen LogP contribution is 2.35. The van der Waals surface area contributed by atoms with E-state index in [9.17, 15) is 8.78 Å². The van der Waals surface area contributed by atoms with Crippen molar-refractivity contribution in [2.24, 2.45) is 11.8 Å². The highest BCUT2D eigenvalue weighted by molar-refractivity contribution is 5.60. The maximum Gasteiger partial charge on any atom is 0.168 e. The van der Waals surface area contributed by atoms with Gasteiger partial charge >= 0.3 is 0 Å². The van der Waals surface area contributed by atoms with Crippen LogP contribution in [0.1, 0.15) is 102 Å². The summed E-state index contributed by atoms with van der Waals surface area (Å²) in [6.07, 6.45) is 16.6. The first-order valence-electron chi connectivity index (χ1n) is 12.9. The normalized spacial score (nSPS) is 18.8. The van der Waals surface area contributed by atoms with E-state index in [-0.39, 0.29) is 5.56 Å². The minimum atomic E-state index is -0.799. The number of nitrogens with zero attached hydrogens (tertiary/aromatic N) is 2. The second-order valence-corrected chi connectivity index (χ2v) is 9.69. The van der Waals surface area contributed by atoms with E-state index < -0.39 is 11.6 Å². The molecule has 0 amide bonds. The van der Waals surface area contributed by atoms with Gasteiger partial charge in [-0.2, -0.15) is 10.2 Å². The summed E-state index contributed by atoms with van der Waals surface area (Å²) in [5.74, 6) is 0.00569. The van der Waals surface area contributed by atoms with Crippen molar-refractivity contribution in [1.29, 1.82) is 0 Å². The Morgan fingerprint density at radius 1 is 0.719 bits per heavy atom. The Kier molecular flexibility index (Phi) is 10.1. The Hall–Kier alpha value is -1.84. The van der Waals surface area contributed by atoms with Gasteiger partial charge in [0.25, 0.3) is 0 Å². The fourth-order valence-corrected chi connectivity index (χ4v) is 5.08. The van der Waals surface area contributed by atoms with Crippen LogP contribution >= 0.6 is 0 Å². The van der Waals surface area contributed by atoms with Crippen molar-refractivity contribution >= 4 is 0 Å². The Morgan fingerprint density at radius 2 is 1.44 bits per heavy atom. The molecule has 0 saturated heterocycles. The molecule has 0 aliphatic heterocycles. The van der Waals surface area contributed by atoms with Crippen LogP contribution in [-0.2, 0) is 12.8 Å². The van der Waals surface area contributed by atoms with Gasteiger partial charge in [-0.15, -0.1) is 0 Å². The van der Waals surface area contributed by atoms with Gasteiger partial charge in [0, 0.05) is 5.56 Å². The van der Waals surface area contributed by atoms with E-state index >= 15 is 0 Å². The molecule has 1 heterocycles. The molecule has 1 aliphatic rings. The third-order valence-electron chi connectivity index (χ3n) is 7.17. The summed E-state index contributed by atoms with van der Waals surface area (Å²) in [7, 11) is 0. The number of hydrogen-bond acceptors (Lipinski definition) is 2.